The van der Waals surface area contributed by atoms with E-state index in [0.29, 0.717) is 11.6 Å². The van der Waals surface area contributed by atoms with E-state index in [1.54, 1.807) is 0 Å². The Balaban J connectivity index is 2.39. The predicted octanol–water partition coefficient (Wildman–Crippen LogP) is 1.83. The Morgan fingerprint density at radius 3 is 2.55 bits per heavy atom. The van der Waals surface area contributed by atoms with Gasteiger partial charge in [0.05, 0.1) is 5.69 Å². The number of benzene rings is 1. The lowest BCUT2D eigenvalue weighted by atomic mass is 10.3. The number of aromatic hydroxyl groups is 1. The number of phenolic OH excluding ortho intramolecular Hbond substituents is 1. The van der Waals surface area contributed by atoms with E-state index in [1.165, 1.54) is 18.2 Å². The van der Waals surface area contributed by atoms with Crippen molar-refractivity contribution < 1.29 is 14.7 Å². The summed E-state index contributed by atoms with van der Waals surface area (Å²) in [6.45, 7) is 7.35. The quantitative estimate of drug-likeness (QED) is 0.405. The number of nitrogens with zero attached hydrogens (tertiary/aromatic N) is 1. The molecule has 22 heavy (non-hydrogen) atoms. The first-order chi connectivity index (χ1) is 10.5. The first-order valence-electron chi connectivity index (χ1n) is 7.28. The molecule has 0 unspecified atom stereocenters. The third-order valence-corrected chi connectivity index (χ3v) is 3.48. The fourth-order valence-corrected chi connectivity index (χ4v) is 2.08. The molecule has 3 N–H and O–H groups in total. The SMILES string of the molecule is CCN(CC)CCCNC(=O)C(=O)Nc1cc(Cl)ccc1O. The molecule has 1 rings (SSSR count). The number of hydrogen-bond donors (Lipinski definition) is 3. The van der Waals surface area contributed by atoms with Crippen molar-refractivity contribution >= 4 is 29.1 Å². The molecule has 0 radical (unpaired) electrons. The van der Waals surface area contributed by atoms with Crippen molar-refractivity contribution in [2.24, 2.45) is 0 Å². The Labute approximate surface area is 135 Å². The van der Waals surface area contributed by atoms with Gasteiger partial charge in [-0.25, -0.2) is 0 Å². The maximum absolute atomic E-state index is 11.7. The zero-order chi connectivity index (χ0) is 16.5. The fraction of sp³-hybridized carbons (Fsp3) is 0.467. The number of hydrogen-bond acceptors (Lipinski definition) is 4. The molecule has 0 saturated carbocycles. The summed E-state index contributed by atoms with van der Waals surface area (Å²) in [5.41, 5.74) is 0.107. The summed E-state index contributed by atoms with van der Waals surface area (Å²) < 4.78 is 0. The summed E-state index contributed by atoms with van der Waals surface area (Å²) in [5.74, 6) is -1.72. The molecule has 6 nitrogen and oxygen atoms in total. The molecule has 0 bridgehead atoms. The zero-order valence-corrected chi connectivity index (χ0v) is 13.6. The number of rotatable bonds is 7. The van der Waals surface area contributed by atoms with Gasteiger partial charge in [0.2, 0.25) is 0 Å². The van der Waals surface area contributed by atoms with E-state index < -0.39 is 11.8 Å². The minimum absolute atomic E-state index is 0.107. The molecule has 2 amide bonds. The van der Waals surface area contributed by atoms with E-state index in [4.69, 9.17) is 11.6 Å². The van der Waals surface area contributed by atoms with E-state index in [-0.39, 0.29) is 11.4 Å². The van der Waals surface area contributed by atoms with Gasteiger partial charge in [-0.15, -0.1) is 0 Å². The number of phenols is 1. The second kappa shape index (κ2) is 9.27. The number of carbonyl (C=O) groups excluding carboxylic acids is 2. The molecule has 0 spiro atoms. The van der Waals surface area contributed by atoms with E-state index in [1.807, 2.05) is 0 Å². The highest BCUT2D eigenvalue weighted by molar-refractivity contribution is 6.40. The summed E-state index contributed by atoms with van der Waals surface area (Å²) in [7, 11) is 0. The zero-order valence-electron chi connectivity index (χ0n) is 12.9. The van der Waals surface area contributed by atoms with Gasteiger partial charge in [-0.2, -0.15) is 0 Å². The van der Waals surface area contributed by atoms with Crippen LogP contribution in [0.3, 0.4) is 0 Å². The molecule has 0 saturated heterocycles. The Morgan fingerprint density at radius 1 is 1.23 bits per heavy atom. The molecule has 0 aromatic heterocycles. The second-order valence-electron chi connectivity index (χ2n) is 4.75. The third-order valence-electron chi connectivity index (χ3n) is 3.24. The van der Waals surface area contributed by atoms with E-state index in [0.717, 1.165) is 26.1 Å². The molecule has 0 aliphatic heterocycles. The Morgan fingerprint density at radius 2 is 1.91 bits per heavy atom. The molecule has 1 aromatic carbocycles. The summed E-state index contributed by atoms with van der Waals surface area (Å²) in [6, 6.07) is 4.21. The van der Waals surface area contributed by atoms with Crippen LogP contribution in [-0.2, 0) is 9.59 Å². The normalized spacial score (nSPS) is 10.5. The number of anilines is 1. The van der Waals surface area contributed by atoms with Crippen LogP contribution in [0.25, 0.3) is 0 Å². The van der Waals surface area contributed by atoms with Gasteiger partial charge in [-0.05, 0) is 44.3 Å². The maximum Gasteiger partial charge on any atom is 0.313 e. The highest BCUT2D eigenvalue weighted by atomic mass is 35.5. The van der Waals surface area contributed by atoms with Gasteiger partial charge in [-0.1, -0.05) is 25.4 Å². The first-order valence-corrected chi connectivity index (χ1v) is 7.65. The van der Waals surface area contributed by atoms with Gasteiger partial charge in [0.25, 0.3) is 0 Å². The van der Waals surface area contributed by atoms with Crippen LogP contribution in [0, 0.1) is 0 Å². The second-order valence-corrected chi connectivity index (χ2v) is 5.19. The molecular weight excluding hydrogens is 306 g/mol. The van der Waals surface area contributed by atoms with Crippen LogP contribution in [-0.4, -0.2) is 48.0 Å². The summed E-state index contributed by atoms with van der Waals surface area (Å²) in [4.78, 5) is 25.6. The monoisotopic (exact) mass is 327 g/mol. The Kier molecular flexibility index (Phi) is 7.70. The van der Waals surface area contributed by atoms with Gasteiger partial charge in [0.1, 0.15) is 5.75 Å². The number of carbonyl (C=O) groups is 2. The summed E-state index contributed by atoms with van der Waals surface area (Å²) in [6.07, 6.45) is 0.767. The average molecular weight is 328 g/mol. The molecule has 0 atom stereocenters. The van der Waals surface area contributed by atoms with Gasteiger partial charge in [-0.3, -0.25) is 9.59 Å². The fourth-order valence-electron chi connectivity index (χ4n) is 1.91. The van der Waals surface area contributed by atoms with Gasteiger partial charge >= 0.3 is 11.8 Å². The summed E-state index contributed by atoms with van der Waals surface area (Å²) in [5, 5.41) is 14.8. The minimum atomic E-state index is -0.833. The number of halogens is 1. The first kappa shape index (κ1) is 18.3. The molecule has 1 aromatic rings. The maximum atomic E-state index is 11.7. The predicted molar refractivity (Wildman–Crippen MR) is 87.2 cm³/mol. The van der Waals surface area contributed by atoms with Crippen LogP contribution in [0.5, 0.6) is 5.75 Å². The van der Waals surface area contributed by atoms with Crippen LogP contribution in [0.15, 0.2) is 18.2 Å². The number of amides is 2. The van der Waals surface area contributed by atoms with Crippen molar-refractivity contribution in [2.75, 3.05) is 31.5 Å². The highest BCUT2D eigenvalue weighted by Crippen LogP contribution is 2.26. The number of nitrogens with one attached hydrogen (secondary N) is 2. The van der Waals surface area contributed by atoms with Crippen molar-refractivity contribution in [3.8, 4) is 5.75 Å². The molecule has 0 aliphatic rings. The molecule has 7 heteroatoms. The molecule has 0 heterocycles. The van der Waals surface area contributed by atoms with E-state index in [2.05, 4.69) is 29.4 Å². The Hall–Kier alpha value is -1.79. The van der Waals surface area contributed by atoms with E-state index >= 15 is 0 Å². The Bertz CT molecular complexity index is 519. The van der Waals surface area contributed by atoms with Crippen molar-refractivity contribution in [1.82, 2.24) is 10.2 Å². The van der Waals surface area contributed by atoms with Gasteiger partial charge in [0, 0.05) is 11.6 Å². The van der Waals surface area contributed by atoms with Crippen LogP contribution >= 0.6 is 11.6 Å². The third kappa shape index (κ3) is 5.91. The summed E-state index contributed by atoms with van der Waals surface area (Å²) >= 11 is 5.77. The lowest BCUT2D eigenvalue weighted by Crippen LogP contribution is -2.37. The molecule has 122 valence electrons. The minimum Gasteiger partial charge on any atom is -0.506 e. The highest BCUT2D eigenvalue weighted by Gasteiger charge is 2.15. The average Bonchev–Trinajstić information content (AvgIpc) is 2.50. The smallest absolute Gasteiger partial charge is 0.313 e. The van der Waals surface area contributed by atoms with Crippen LogP contribution in [0.4, 0.5) is 5.69 Å². The van der Waals surface area contributed by atoms with Crippen molar-refractivity contribution in [1.29, 1.82) is 0 Å². The largest absolute Gasteiger partial charge is 0.506 e. The lowest BCUT2D eigenvalue weighted by Gasteiger charge is -2.17. The van der Waals surface area contributed by atoms with Crippen molar-refractivity contribution in [3.63, 3.8) is 0 Å². The van der Waals surface area contributed by atoms with Gasteiger partial charge in [0.15, 0.2) is 0 Å². The lowest BCUT2D eigenvalue weighted by molar-refractivity contribution is -0.136. The topological polar surface area (TPSA) is 81.7 Å². The molecular formula is C15H22ClN3O3. The van der Waals surface area contributed by atoms with Crippen LogP contribution < -0.4 is 10.6 Å². The van der Waals surface area contributed by atoms with Crippen LogP contribution in [0.1, 0.15) is 20.3 Å². The van der Waals surface area contributed by atoms with Crippen LogP contribution in [0.2, 0.25) is 5.02 Å². The molecule has 0 fully saturated rings. The van der Waals surface area contributed by atoms with Crippen molar-refractivity contribution in [2.45, 2.75) is 20.3 Å². The van der Waals surface area contributed by atoms with Crippen molar-refractivity contribution in [3.05, 3.63) is 23.2 Å². The van der Waals surface area contributed by atoms with Gasteiger partial charge < -0.3 is 20.6 Å². The van der Waals surface area contributed by atoms with E-state index in [9.17, 15) is 14.7 Å². The standard InChI is InChI=1S/C15H22ClN3O3/c1-3-19(4-2)9-5-8-17-14(21)15(22)18-12-10-11(16)6-7-13(12)20/h6-7,10,20H,3-5,8-9H2,1-2H3,(H,17,21)(H,18,22). The molecule has 0 aliphatic carbocycles.